The summed E-state index contributed by atoms with van der Waals surface area (Å²) in [5.41, 5.74) is 0. The lowest BCUT2D eigenvalue weighted by Crippen LogP contribution is -2.40. The smallest absolute Gasteiger partial charge is 0.323 e. The van der Waals surface area contributed by atoms with Crippen molar-refractivity contribution < 1.29 is 18.3 Å². The number of hydrogen-bond donors (Lipinski definition) is 2. The summed E-state index contributed by atoms with van der Waals surface area (Å²) < 4.78 is 25.0. The van der Waals surface area contributed by atoms with Crippen molar-refractivity contribution in [3.05, 3.63) is 0 Å². The molecule has 0 radical (unpaired) electrons. The Morgan fingerprint density at radius 3 is 2.69 bits per heavy atom. The second-order valence-electron chi connectivity index (χ2n) is 4.31. The van der Waals surface area contributed by atoms with Crippen LogP contribution in [0.3, 0.4) is 0 Å². The number of nitrogens with zero attached hydrogens (tertiary/aromatic N) is 1. The third-order valence-corrected chi connectivity index (χ3v) is 5.43. The van der Waals surface area contributed by atoms with E-state index in [1.807, 2.05) is 0 Å². The first kappa shape index (κ1) is 11.8. The van der Waals surface area contributed by atoms with Crippen molar-refractivity contribution in [2.75, 3.05) is 19.6 Å². The van der Waals surface area contributed by atoms with E-state index in [1.54, 1.807) is 0 Å². The molecule has 2 atom stereocenters. The molecule has 16 heavy (non-hydrogen) atoms. The summed E-state index contributed by atoms with van der Waals surface area (Å²) in [6.45, 7) is 1.66. The van der Waals surface area contributed by atoms with Crippen LogP contribution in [-0.2, 0) is 14.8 Å². The van der Waals surface area contributed by atoms with Crippen molar-refractivity contribution >= 4 is 16.0 Å². The van der Waals surface area contributed by atoms with Crippen molar-refractivity contribution in [1.29, 1.82) is 0 Å². The molecule has 2 heterocycles. The van der Waals surface area contributed by atoms with Gasteiger partial charge in [0.2, 0.25) is 10.0 Å². The zero-order valence-electron chi connectivity index (χ0n) is 8.92. The van der Waals surface area contributed by atoms with E-state index in [4.69, 9.17) is 5.11 Å². The average molecular weight is 248 g/mol. The van der Waals surface area contributed by atoms with Gasteiger partial charge in [-0.3, -0.25) is 4.79 Å². The molecule has 2 aliphatic heterocycles. The minimum Gasteiger partial charge on any atom is -0.480 e. The molecule has 2 aliphatic rings. The summed E-state index contributed by atoms with van der Waals surface area (Å²) in [7, 11) is -3.62. The van der Waals surface area contributed by atoms with Gasteiger partial charge in [0.25, 0.3) is 0 Å². The van der Waals surface area contributed by atoms with Gasteiger partial charge in [0.1, 0.15) is 0 Å². The van der Waals surface area contributed by atoms with Crippen LogP contribution in [-0.4, -0.2) is 54.7 Å². The van der Waals surface area contributed by atoms with E-state index in [9.17, 15) is 13.2 Å². The van der Waals surface area contributed by atoms with Crippen molar-refractivity contribution in [2.24, 2.45) is 0 Å². The van der Waals surface area contributed by atoms with Crippen LogP contribution < -0.4 is 5.32 Å². The van der Waals surface area contributed by atoms with Crippen molar-refractivity contribution in [3.8, 4) is 0 Å². The molecule has 0 aromatic rings. The highest BCUT2D eigenvalue weighted by atomic mass is 32.2. The number of carboxylic acids is 1. The fraction of sp³-hybridized carbons (Fsp3) is 0.889. The van der Waals surface area contributed by atoms with Crippen LogP contribution in [0.5, 0.6) is 0 Å². The predicted octanol–water partition coefficient (Wildman–Crippen LogP) is -0.773. The first-order chi connectivity index (χ1) is 7.51. The quantitative estimate of drug-likeness (QED) is 0.684. The van der Waals surface area contributed by atoms with E-state index in [0.717, 1.165) is 19.4 Å². The highest BCUT2D eigenvalue weighted by molar-refractivity contribution is 7.90. The lowest BCUT2D eigenvalue weighted by molar-refractivity contribution is -0.136. The van der Waals surface area contributed by atoms with Gasteiger partial charge in [-0.15, -0.1) is 0 Å². The summed E-state index contributed by atoms with van der Waals surface area (Å²) in [4.78, 5) is 10.8. The van der Waals surface area contributed by atoms with Crippen molar-refractivity contribution in [2.45, 2.75) is 30.6 Å². The third kappa shape index (κ3) is 2.07. The topological polar surface area (TPSA) is 86.7 Å². The third-order valence-electron chi connectivity index (χ3n) is 3.22. The van der Waals surface area contributed by atoms with Gasteiger partial charge < -0.3 is 10.4 Å². The van der Waals surface area contributed by atoms with Gasteiger partial charge >= 0.3 is 5.97 Å². The second kappa shape index (κ2) is 4.31. The predicted molar refractivity (Wildman–Crippen MR) is 57.6 cm³/mol. The van der Waals surface area contributed by atoms with Gasteiger partial charge in [0, 0.05) is 19.1 Å². The molecule has 6 nitrogen and oxygen atoms in total. The highest BCUT2D eigenvalue weighted by Crippen LogP contribution is 2.23. The van der Waals surface area contributed by atoms with E-state index in [-0.39, 0.29) is 12.5 Å². The largest absolute Gasteiger partial charge is 0.480 e. The molecule has 0 aromatic heterocycles. The molecular formula is C9H16N2O4S. The molecule has 0 bridgehead atoms. The Hall–Kier alpha value is -0.660. The maximum atomic E-state index is 11.8. The molecular weight excluding hydrogens is 232 g/mol. The van der Waals surface area contributed by atoms with Gasteiger partial charge in [-0.05, 0) is 25.8 Å². The Morgan fingerprint density at radius 1 is 1.44 bits per heavy atom. The molecule has 92 valence electrons. The monoisotopic (exact) mass is 248 g/mol. The molecule has 2 N–H and O–H groups in total. The van der Waals surface area contributed by atoms with Crippen LogP contribution in [0, 0.1) is 0 Å². The van der Waals surface area contributed by atoms with Crippen LogP contribution in [0.4, 0.5) is 0 Å². The molecule has 7 heteroatoms. The van der Waals surface area contributed by atoms with Gasteiger partial charge in [-0.2, -0.15) is 4.31 Å². The molecule has 2 saturated heterocycles. The molecule has 0 saturated carbocycles. The molecule has 0 amide bonds. The normalized spacial score (nSPS) is 34.2. The van der Waals surface area contributed by atoms with Gasteiger partial charge in [-0.1, -0.05) is 0 Å². The molecule has 2 fully saturated rings. The molecule has 0 spiro atoms. The number of aliphatic carboxylic acids is 1. The SMILES string of the molecule is O=C(O)C1CCN(C[C@H]2CCCN2)S1(=O)=O. The van der Waals surface area contributed by atoms with E-state index in [1.165, 1.54) is 4.31 Å². The van der Waals surface area contributed by atoms with E-state index in [2.05, 4.69) is 5.32 Å². The maximum absolute atomic E-state index is 11.8. The first-order valence-electron chi connectivity index (χ1n) is 5.47. The lowest BCUT2D eigenvalue weighted by atomic mass is 10.2. The van der Waals surface area contributed by atoms with E-state index < -0.39 is 21.2 Å². The number of rotatable bonds is 3. The number of nitrogens with one attached hydrogen (secondary N) is 1. The van der Waals surface area contributed by atoms with Crippen LogP contribution >= 0.6 is 0 Å². The summed E-state index contributed by atoms with van der Waals surface area (Å²) in [6, 6.07) is 0.183. The van der Waals surface area contributed by atoms with E-state index >= 15 is 0 Å². The van der Waals surface area contributed by atoms with Crippen LogP contribution in [0.2, 0.25) is 0 Å². The van der Waals surface area contributed by atoms with E-state index in [0.29, 0.717) is 13.1 Å². The Labute approximate surface area is 94.7 Å². The minimum absolute atomic E-state index is 0.183. The Morgan fingerprint density at radius 2 is 2.19 bits per heavy atom. The molecule has 2 rings (SSSR count). The fourth-order valence-corrected chi connectivity index (χ4v) is 4.09. The minimum atomic E-state index is -3.62. The van der Waals surface area contributed by atoms with Crippen LogP contribution in [0.1, 0.15) is 19.3 Å². The lowest BCUT2D eigenvalue weighted by Gasteiger charge is -2.19. The zero-order valence-corrected chi connectivity index (χ0v) is 9.74. The number of hydrogen-bond acceptors (Lipinski definition) is 4. The standard InChI is InChI=1S/C9H16N2O4S/c12-9(13)8-3-5-11(16(8,14)15)6-7-2-1-4-10-7/h7-8,10H,1-6H2,(H,12,13)/t7-,8?/m1/s1. The Balaban J connectivity index is 2.04. The summed E-state index contributed by atoms with van der Waals surface area (Å²) in [5, 5.41) is 10.8. The summed E-state index contributed by atoms with van der Waals surface area (Å²) in [6.07, 6.45) is 2.22. The molecule has 0 aromatic carbocycles. The first-order valence-corrected chi connectivity index (χ1v) is 6.97. The highest BCUT2D eigenvalue weighted by Gasteiger charge is 2.44. The second-order valence-corrected chi connectivity index (χ2v) is 6.43. The summed E-state index contributed by atoms with van der Waals surface area (Å²) >= 11 is 0. The van der Waals surface area contributed by atoms with Gasteiger partial charge in [0.05, 0.1) is 0 Å². The zero-order chi connectivity index (χ0) is 11.8. The van der Waals surface area contributed by atoms with Crippen LogP contribution in [0.15, 0.2) is 0 Å². The van der Waals surface area contributed by atoms with Crippen molar-refractivity contribution in [3.63, 3.8) is 0 Å². The summed E-state index contributed by atoms with van der Waals surface area (Å²) in [5.74, 6) is -1.23. The number of carboxylic acid groups (broad SMARTS) is 1. The van der Waals surface area contributed by atoms with Crippen molar-refractivity contribution in [1.82, 2.24) is 9.62 Å². The molecule has 1 unspecified atom stereocenters. The Kier molecular flexibility index (Phi) is 3.18. The van der Waals surface area contributed by atoms with Gasteiger partial charge in [0.15, 0.2) is 5.25 Å². The fourth-order valence-electron chi connectivity index (χ4n) is 2.32. The number of carbonyl (C=O) groups is 1. The molecule has 0 aliphatic carbocycles. The Bertz CT molecular complexity index is 375. The number of sulfonamides is 1. The van der Waals surface area contributed by atoms with Crippen LogP contribution in [0.25, 0.3) is 0 Å². The average Bonchev–Trinajstić information content (AvgIpc) is 2.76. The maximum Gasteiger partial charge on any atom is 0.323 e. The van der Waals surface area contributed by atoms with Gasteiger partial charge in [-0.25, -0.2) is 8.42 Å².